The zero-order chi connectivity index (χ0) is 26.5. The van der Waals surface area contributed by atoms with E-state index in [1.54, 1.807) is 6.92 Å². The van der Waals surface area contributed by atoms with Crippen LogP contribution in [0.4, 0.5) is 5.69 Å². The van der Waals surface area contributed by atoms with Crippen molar-refractivity contribution < 1.29 is 18.0 Å². The maximum atomic E-state index is 13.7. The van der Waals surface area contributed by atoms with E-state index in [1.807, 2.05) is 31.2 Å². The molecule has 10 heteroatoms. The molecule has 0 radical (unpaired) electrons. The van der Waals surface area contributed by atoms with Crippen molar-refractivity contribution in [1.29, 1.82) is 0 Å². The van der Waals surface area contributed by atoms with E-state index in [1.165, 1.54) is 23.1 Å². The minimum atomic E-state index is -3.89. The summed E-state index contributed by atoms with van der Waals surface area (Å²) in [7, 11) is -3.89. The van der Waals surface area contributed by atoms with Crippen LogP contribution in [0.5, 0.6) is 0 Å². The standard InChI is InChI=1S/C26H33Cl2N3O4S/c1-18-8-7-9-20(14-18)16-30(19(2)26(33)29-22-10-5-4-6-11-22)25(32)17-31(36(3,34)35)24-15-21(27)12-13-23(24)28/h7-9,12-15,19,22H,4-6,10-11,16-17H2,1-3H3,(H,29,33)/t19-/m1/s1. The number of rotatable bonds is 9. The lowest BCUT2D eigenvalue weighted by Gasteiger charge is -2.33. The molecule has 1 aliphatic rings. The van der Waals surface area contributed by atoms with Gasteiger partial charge >= 0.3 is 0 Å². The zero-order valence-electron chi connectivity index (χ0n) is 20.8. The van der Waals surface area contributed by atoms with Crippen LogP contribution < -0.4 is 9.62 Å². The van der Waals surface area contributed by atoms with Crippen molar-refractivity contribution in [3.63, 3.8) is 0 Å². The van der Waals surface area contributed by atoms with Gasteiger partial charge in [0, 0.05) is 17.6 Å². The Kier molecular flexibility index (Phi) is 9.66. The Labute approximate surface area is 223 Å². The average Bonchev–Trinajstić information content (AvgIpc) is 2.82. The lowest BCUT2D eigenvalue weighted by Crippen LogP contribution is -2.53. The predicted molar refractivity (Wildman–Crippen MR) is 145 cm³/mol. The molecule has 0 aromatic heterocycles. The normalized spacial score (nSPS) is 15.2. The number of hydrogen-bond donors (Lipinski definition) is 1. The van der Waals surface area contributed by atoms with E-state index in [0.717, 1.165) is 53.8 Å². The third kappa shape index (κ3) is 7.60. The fraction of sp³-hybridized carbons (Fsp3) is 0.462. The van der Waals surface area contributed by atoms with Gasteiger partial charge in [-0.2, -0.15) is 0 Å². The van der Waals surface area contributed by atoms with Crippen LogP contribution in [0.2, 0.25) is 10.0 Å². The summed E-state index contributed by atoms with van der Waals surface area (Å²) in [5.41, 5.74) is 1.96. The highest BCUT2D eigenvalue weighted by molar-refractivity contribution is 7.92. The summed E-state index contributed by atoms with van der Waals surface area (Å²) in [6, 6.07) is 11.3. The highest BCUT2D eigenvalue weighted by Crippen LogP contribution is 2.31. The van der Waals surface area contributed by atoms with Gasteiger partial charge in [0.2, 0.25) is 21.8 Å². The van der Waals surface area contributed by atoms with E-state index in [9.17, 15) is 18.0 Å². The second kappa shape index (κ2) is 12.3. The Morgan fingerprint density at radius 3 is 2.42 bits per heavy atom. The fourth-order valence-corrected chi connectivity index (χ4v) is 5.72. The Hall–Kier alpha value is -2.29. The quantitative estimate of drug-likeness (QED) is 0.476. The van der Waals surface area contributed by atoms with Crippen molar-refractivity contribution in [2.45, 2.75) is 64.6 Å². The molecule has 1 atom stereocenters. The average molecular weight is 555 g/mol. The number of halogens is 2. The van der Waals surface area contributed by atoms with E-state index in [2.05, 4.69) is 5.32 Å². The predicted octanol–water partition coefficient (Wildman–Crippen LogP) is 4.93. The van der Waals surface area contributed by atoms with Crippen molar-refractivity contribution in [3.8, 4) is 0 Å². The van der Waals surface area contributed by atoms with Crippen LogP contribution in [0.25, 0.3) is 0 Å². The molecule has 2 aromatic carbocycles. The third-order valence-corrected chi connectivity index (χ3v) is 8.09. The van der Waals surface area contributed by atoms with E-state index in [0.29, 0.717) is 0 Å². The number of carbonyl (C=O) groups excluding carboxylic acids is 2. The first-order valence-corrected chi connectivity index (χ1v) is 14.6. The molecule has 196 valence electrons. The molecule has 0 aliphatic heterocycles. The maximum Gasteiger partial charge on any atom is 0.244 e. The van der Waals surface area contributed by atoms with Crippen LogP contribution in [-0.2, 0) is 26.2 Å². The number of benzene rings is 2. The third-order valence-electron chi connectivity index (χ3n) is 6.41. The number of anilines is 1. The van der Waals surface area contributed by atoms with Crippen molar-refractivity contribution in [1.82, 2.24) is 10.2 Å². The molecule has 7 nitrogen and oxygen atoms in total. The first kappa shape index (κ1) is 28.3. The topological polar surface area (TPSA) is 86.8 Å². The maximum absolute atomic E-state index is 13.7. The molecular formula is C26H33Cl2N3O4S. The molecular weight excluding hydrogens is 521 g/mol. The Morgan fingerprint density at radius 2 is 1.78 bits per heavy atom. The Morgan fingerprint density at radius 1 is 1.08 bits per heavy atom. The molecule has 0 saturated heterocycles. The summed E-state index contributed by atoms with van der Waals surface area (Å²) in [6.07, 6.45) is 6.12. The molecule has 0 heterocycles. The number of nitrogens with one attached hydrogen (secondary N) is 1. The SMILES string of the molecule is Cc1cccc(CN(C(=O)CN(c2cc(Cl)ccc2Cl)S(C)(=O)=O)[C@H](C)C(=O)NC2CCCCC2)c1. The zero-order valence-corrected chi connectivity index (χ0v) is 23.2. The van der Waals surface area contributed by atoms with Crippen LogP contribution >= 0.6 is 23.2 Å². The second-order valence-corrected chi connectivity index (χ2v) is 12.1. The van der Waals surface area contributed by atoms with Gasteiger partial charge in [-0.05, 0) is 50.5 Å². The molecule has 1 aliphatic carbocycles. The van der Waals surface area contributed by atoms with E-state index < -0.39 is 28.5 Å². The monoisotopic (exact) mass is 553 g/mol. The number of sulfonamides is 1. The van der Waals surface area contributed by atoms with Crippen molar-refractivity contribution >= 4 is 50.7 Å². The summed E-state index contributed by atoms with van der Waals surface area (Å²) >= 11 is 12.4. The van der Waals surface area contributed by atoms with Gasteiger partial charge in [0.25, 0.3) is 0 Å². The molecule has 2 amide bonds. The first-order chi connectivity index (χ1) is 17.0. The number of amides is 2. The second-order valence-electron chi connectivity index (χ2n) is 9.40. The summed E-state index contributed by atoms with van der Waals surface area (Å²) in [5.74, 6) is -0.779. The summed E-state index contributed by atoms with van der Waals surface area (Å²) in [6.45, 7) is 3.25. The van der Waals surface area contributed by atoms with Gasteiger partial charge in [-0.15, -0.1) is 0 Å². The molecule has 1 N–H and O–H groups in total. The largest absolute Gasteiger partial charge is 0.352 e. The van der Waals surface area contributed by atoms with Gasteiger partial charge < -0.3 is 10.2 Å². The minimum absolute atomic E-state index is 0.0856. The molecule has 0 bridgehead atoms. The molecule has 0 unspecified atom stereocenters. The number of aryl methyl sites for hydroxylation is 1. The van der Waals surface area contributed by atoms with Crippen LogP contribution in [0, 0.1) is 6.92 Å². The van der Waals surface area contributed by atoms with Crippen molar-refractivity contribution in [2.75, 3.05) is 17.1 Å². The van der Waals surface area contributed by atoms with E-state index in [-0.39, 0.29) is 34.2 Å². The highest BCUT2D eigenvalue weighted by atomic mass is 35.5. The van der Waals surface area contributed by atoms with Gasteiger partial charge in [0.1, 0.15) is 12.6 Å². The van der Waals surface area contributed by atoms with Crippen LogP contribution in [0.1, 0.15) is 50.2 Å². The van der Waals surface area contributed by atoms with E-state index in [4.69, 9.17) is 23.2 Å². The van der Waals surface area contributed by atoms with E-state index >= 15 is 0 Å². The van der Waals surface area contributed by atoms with Crippen LogP contribution in [0.15, 0.2) is 42.5 Å². The Bertz CT molecular complexity index is 1200. The minimum Gasteiger partial charge on any atom is -0.352 e. The Balaban J connectivity index is 1.90. The summed E-state index contributed by atoms with van der Waals surface area (Å²) in [5, 5.41) is 3.51. The molecule has 0 spiro atoms. The smallest absolute Gasteiger partial charge is 0.244 e. The first-order valence-electron chi connectivity index (χ1n) is 12.0. The molecule has 3 rings (SSSR count). The van der Waals surface area contributed by atoms with Gasteiger partial charge in [0.05, 0.1) is 17.0 Å². The highest BCUT2D eigenvalue weighted by Gasteiger charge is 2.31. The van der Waals surface area contributed by atoms with Crippen LogP contribution in [0.3, 0.4) is 0 Å². The van der Waals surface area contributed by atoms with Crippen molar-refractivity contribution in [2.24, 2.45) is 0 Å². The fourth-order valence-electron chi connectivity index (χ4n) is 4.43. The number of carbonyl (C=O) groups is 2. The lowest BCUT2D eigenvalue weighted by atomic mass is 9.95. The van der Waals surface area contributed by atoms with Gasteiger partial charge in [-0.25, -0.2) is 8.42 Å². The van der Waals surface area contributed by atoms with Gasteiger partial charge in [-0.3, -0.25) is 13.9 Å². The van der Waals surface area contributed by atoms with Crippen molar-refractivity contribution in [3.05, 3.63) is 63.6 Å². The summed E-state index contributed by atoms with van der Waals surface area (Å²) in [4.78, 5) is 28.3. The van der Waals surface area contributed by atoms with Crippen LogP contribution in [-0.4, -0.2) is 50.0 Å². The van der Waals surface area contributed by atoms with Gasteiger partial charge in [-0.1, -0.05) is 72.3 Å². The lowest BCUT2D eigenvalue weighted by molar-refractivity contribution is -0.139. The van der Waals surface area contributed by atoms with Gasteiger partial charge in [0.15, 0.2) is 0 Å². The summed E-state index contributed by atoms with van der Waals surface area (Å²) < 4.78 is 26.3. The molecule has 1 fully saturated rings. The number of nitrogens with zero attached hydrogens (tertiary/aromatic N) is 2. The molecule has 36 heavy (non-hydrogen) atoms. The molecule has 2 aromatic rings. The number of hydrogen-bond acceptors (Lipinski definition) is 4. The molecule has 1 saturated carbocycles.